The smallest absolute Gasteiger partial charge is 0.261 e. The molecule has 0 aliphatic carbocycles. The number of carbonyl (C=O) groups excluding carboxylic acids is 3. The summed E-state index contributed by atoms with van der Waals surface area (Å²) in [6.45, 7) is 0. The standard InChI is InChI=1S/C22H16N2O3/c1-24-21(26)18-12-9-16(13-19(18)22(24)27)20(25)23-17-10-7-15(8-11-17)14-5-3-2-4-6-14/h2-13H,1H3,(H,23,25). The van der Waals surface area contributed by atoms with Crippen LogP contribution in [0.1, 0.15) is 31.1 Å². The molecule has 0 fully saturated rings. The van der Waals surface area contributed by atoms with Crippen LogP contribution in [0.25, 0.3) is 11.1 Å². The van der Waals surface area contributed by atoms with Gasteiger partial charge in [-0.05, 0) is 41.5 Å². The van der Waals surface area contributed by atoms with Crippen LogP contribution in [-0.4, -0.2) is 29.7 Å². The molecule has 0 atom stereocenters. The highest BCUT2D eigenvalue weighted by atomic mass is 16.2. The van der Waals surface area contributed by atoms with Gasteiger partial charge in [-0.25, -0.2) is 0 Å². The van der Waals surface area contributed by atoms with Gasteiger partial charge in [0.25, 0.3) is 17.7 Å². The normalized spacial score (nSPS) is 12.9. The molecule has 0 saturated heterocycles. The van der Waals surface area contributed by atoms with Crippen molar-refractivity contribution < 1.29 is 14.4 Å². The molecule has 1 aliphatic rings. The molecule has 1 aliphatic heterocycles. The molecule has 27 heavy (non-hydrogen) atoms. The number of hydrogen-bond donors (Lipinski definition) is 1. The summed E-state index contributed by atoms with van der Waals surface area (Å²) >= 11 is 0. The van der Waals surface area contributed by atoms with E-state index in [0.29, 0.717) is 16.8 Å². The minimum Gasteiger partial charge on any atom is -0.322 e. The number of rotatable bonds is 3. The molecule has 0 bridgehead atoms. The molecule has 0 unspecified atom stereocenters. The van der Waals surface area contributed by atoms with Crippen molar-refractivity contribution in [1.82, 2.24) is 4.90 Å². The number of carbonyl (C=O) groups is 3. The van der Waals surface area contributed by atoms with E-state index >= 15 is 0 Å². The molecule has 4 rings (SSSR count). The molecule has 3 aromatic rings. The van der Waals surface area contributed by atoms with Gasteiger partial charge in [0.05, 0.1) is 11.1 Å². The van der Waals surface area contributed by atoms with Gasteiger partial charge >= 0.3 is 0 Å². The first-order valence-corrected chi connectivity index (χ1v) is 8.48. The lowest BCUT2D eigenvalue weighted by molar-refractivity contribution is 0.0693. The summed E-state index contributed by atoms with van der Waals surface area (Å²) in [5, 5.41) is 2.82. The number of fused-ring (bicyclic) bond motifs is 1. The van der Waals surface area contributed by atoms with E-state index in [0.717, 1.165) is 16.0 Å². The van der Waals surface area contributed by atoms with Gasteiger partial charge < -0.3 is 5.32 Å². The zero-order valence-electron chi connectivity index (χ0n) is 14.6. The van der Waals surface area contributed by atoms with Crippen LogP contribution >= 0.6 is 0 Å². The minimum absolute atomic E-state index is 0.259. The third-order valence-corrected chi connectivity index (χ3v) is 4.60. The predicted molar refractivity (Wildman–Crippen MR) is 103 cm³/mol. The predicted octanol–water partition coefficient (Wildman–Crippen LogP) is 3.83. The molecule has 3 amide bonds. The Hall–Kier alpha value is -3.73. The Bertz CT molecular complexity index is 1060. The number of imide groups is 1. The molecular weight excluding hydrogens is 340 g/mol. The summed E-state index contributed by atoms with van der Waals surface area (Å²) in [4.78, 5) is 37.6. The van der Waals surface area contributed by atoms with Crippen LogP contribution in [0, 0.1) is 0 Å². The number of benzene rings is 3. The number of nitrogens with one attached hydrogen (secondary N) is 1. The fraction of sp³-hybridized carbons (Fsp3) is 0.0455. The van der Waals surface area contributed by atoms with Crippen LogP contribution in [0.5, 0.6) is 0 Å². The van der Waals surface area contributed by atoms with Gasteiger partial charge in [0.2, 0.25) is 0 Å². The van der Waals surface area contributed by atoms with Crippen molar-refractivity contribution in [3.05, 3.63) is 89.5 Å². The lowest BCUT2D eigenvalue weighted by atomic mass is 10.0. The van der Waals surface area contributed by atoms with Crippen LogP contribution in [0.4, 0.5) is 5.69 Å². The summed E-state index contributed by atoms with van der Waals surface area (Å²) in [7, 11) is 1.43. The van der Waals surface area contributed by atoms with Gasteiger partial charge in [0.15, 0.2) is 0 Å². The second kappa shape index (κ2) is 6.53. The zero-order chi connectivity index (χ0) is 19.0. The van der Waals surface area contributed by atoms with Crippen LogP contribution in [0.3, 0.4) is 0 Å². The molecule has 5 nitrogen and oxygen atoms in total. The van der Waals surface area contributed by atoms with E-state index in [1.165, 1.54) is 19.2 Å². The SMILES string of the molecule is CN1C(=O)c2ccc(C(=O)Nc3ccc(-c4ccccc4)cc3)cc2C1=O. The first-order valence-electron chi connectivity index (χ1n) is 8.48. The van der Waals surface area contributed by atoms with Gasteiger partial charge in [-0.15, -0.1) is 0 Å². The molecule has 0 saturated carbocycles. The van der Waals surface area contributed by atoms with E-state index in [-0.39, 0.29) is 17.4 Å². The van der Waals surface area contributed by atoms with Crippen molar-refractivity contribution >= 4 is 23.4 Å². The van der Waals surface area contributed by atoms with E-state index in [1.807, 2.05) is 54.6 Å². The Morgan fingerprint density at radius 3 is 2.11 bits per heavy atom. The number of hydrogen-bond acceptors (Lipinski definition) is 3. The maximum atomic E-state index is 12.5. The fourth-order valence-corrected chi connectivity index (χ4v) is 3.08. The first kappa shape index (κ1) is 16.7. The Balaban J connectivity index is 1.53. The third-order valence-electron chi connectivity index (χ3n) is 4.60. The van der Waals surface area contributed by atoms with Crippen molar-refractivity contribution in [2.75, 3.05) is 12.4 Å². The lowest BCUT2D eigenvalue weighted by Crippen LogP contribution is -2.24. The van der Waals surface area contributed by atoms with E-state index in [9.17, 15) is 14.4 Å². The Morgan fingerprint density at radius 2 is 1.41 bits per heavy atom. The average Bonchev–Trinajstić information content (AvgIpc) is 2.93. The topological polar surface area (TPSA) is 66.5 Å². The van der Waals surface area contributed by atoms with Crippen LogP contribution in [0.15, 0.2) is 72.8 Å². The quantitative estimate of drug-likeness (QED) is 0.725. The number of amides is 3. The summed E-state index contributed by atoms with van der Waals surface area (Å²) in [6, 6.07) is 22.0. The van der Waals surface area contributed by atoms with Crippen molar-refractivity contribution in [3.8, 4) is 11.1 Å². The molecule has 0 spiro atoms. The maximum Gasteiger partial charge on any atom is 0.261 e. The van der Waals surface area contributed by atoms with Gasteiger partial charge in [0.1, 0.15) is 0 Å². The van der Waals surface area contributed by atoms with E-state index in [4.69, 9.17) is 0 Å². The third kappa shape index (κ3) is 3.00. The summed E-state index contributed by atoms with van der Waals surface area (Å²) in [6.07, 6.45) is 0. The van der Waals surface area contributed by atoms with Gasteiger partial charge in [-0.2, -0.15) is 0 Å². The van der Waals surface area contributed by atoms with E-state index in [2.05, 4.69) is 5.32 Å². The summed E-state index contributed by atoms with van der Waals surface area (Å²) in [5.41, 5.74) is 3.72. The Labute approximate surface area is 156 Å². The highest BCUT2D eigenvalue weighted by Crippen LogP contribution is 2.24. The van der Waals surface area contributed by atoms with Crippen molar-refractivity contribution in [2.45, 2.75) is 0 Å². The van der Waals surface area contributed by atoms with Crippen LogP contribution in [-0.2, 0) is 0 Å². The molecule has 1 heterocycles. The molecular formula is C22H16N2O3. The monoisotopic (exact) mass is 356 g/mol. The van der Waals surface area contributed by atoms with E-state index in [1.54, 1.807) is 6.07 Å². The first-order chi connectivity index (χ1) is 13.0. The molecule has 132 valence electrons. The van der Waals surface area contributed by atoms with Gasteiger partial charge in [-0.3, -0.25) is 19.3 Å². The number of anilines is 1. The van der Waals surface area contributed by atoms with Gasteiger partial charge in [0, 0.05) is 18.3 Å². The zero-order valence-corrected chi connectivity index (χ0v) is 14.6. The summed E-state index contributed by atoms with van der Waals surface area (Å²) in [5.74, 6) is -1.07. The lowest BCUT2D eigenvalue weighted by Gasteiger charge is -2.08. The molecule has 1 N–H and O–H groups in total. The van der Waals surface area contributed by atoms with Crippen molar-refractivity contribution in [2.24, 2.45) is 0 Å². The van der Waals surface area contributed by atoms with Crippen molar-refractivity contribution in [3.63, 3.8) is 0 Å². The Morgan fingerprint density at radius 1 is 0.778 bits per heavy atom. The highest BCUT2D eigenvalue weighted by molar-refractivity contribution is 6.22. The average molecular weight is 356 g/mol. The second-order valence-corrected chi connectivity index (χ2v) is 6.33. The summed E-state index contributed by atoms with van der Waals surface area (Å²) < 4.78 is 0. The maximum absolute atomic E-state index is 12.5. The largest absolute Gasteiger partial charge is 0.322 e. The molecule has 0 aromatic heterocycles. The molecule has 0 radical (unpaired) electrons. The van der Waals surface area contributed by atoms with Crippen molar-refractivity contribution in [1.29, 1.82) is 0 Å². The molecule has 5 heteroatoms. The van der Waals surface area contributed by atoms with Gasteiger partial charge in [-0.1, -0.05) is 42.5 Å². The van der Waals surface area contributed by atoms with Crippen LogP contribution in [0.2, 0.25) is 0 Å². The highest BCUT2D eigenvalue weighted by Gasteiger charge is 2.33. The Kier molecular flexibility index (Phi) is 4.05. The molecule has 3 aromatic carbocycles. The second-order valence-electron chi connectivity index (χ2n) is 6.33. The number of nitrogens with zero attached hydrogens (tertiary/aromatic N) is 1. The fourth-order valence-electron chi connectivity index (χ4n) is 3.08. The van der Waals surface area contributed by atoms with Crippen LogP contribution < -0.4 is 5.32 Å². The van der Waals surface area contributed by atoms with E-state index < -0.39 is 5.91 Å². The minimum atomic E-state index is -0.392.